The van der Waals surface area contributed by atoms with Crippen LogP contribution in [0.5, 0.6) is 0 Å². The highest BCUT2D eigenvalue weighted by Gasteiger charge is 2.15. The fourth-order valence-corrected chi connectivity index (χ4v) is 1.46. The summed E-state index contributed by atoms with van der Waals surface area (Å²) >= 11 is 0. The Bertz CT molecular complexity index is 349. The molecule has 0 atom stereocenters. The van der Waals surface area contributed by atoms with Crippen LogP contribution < -0.4 is 0 Å². The van der Waals surface area contributed by atoms with E-state index < -0.39 is 12.4 Å². The van der Waals surface area contributed by atoms with Crippen molar-refractivity contribution in [3.63, 3.8) is 0 Å². The van der Waals surface area contributed by atoms with Crippen LogP contribution >= 0.6 is 0 Å². The van der Waals surface area contributed by atoms with Gasteiger partial charge in [-0.2, -0.15) is 0 Å². The van der Waals surface area contributed by atoms with E-state index in [9.17, 15) is 13.6 Å². The second-order valence-corrected chi connectivity index (χ2v) is 3.14. The van der Waals surface area contributed by atoms with Gasteiger partial charge in [-0.1, -0.05) is 0 Å². The molecule has 1 aromatic rings. The van der Waals surface area contributed by atoms with E-state index in [2.05, 4.69) is 0 Å². The van der Waals surface area contributed by atoms with Crippen LogP contribution in [0.1, 0.15) is 33.5 Å². The van der Waals surface area contributed by atoms with Gasteiger partial charge in [0.05, 0.1) is 5.56 Å². The standard InChI is InChI=1S/C10H10F2O2/c1-5-3-7(9(11)12)4-6(2)8(5)10(13)14/h3-4,9H,1-2H3,(H,13,14). The van der Waals surface area contributed by atoms with Crippen LogP contribution in [-0.4, -0.2) is 11.1 Å². The van der Waals surface area contributed by atoms with Crippen LogP contribution in [0.15, 0.2) is 12.1 Å². The van der Waals surface area contributed by atoms with Crippen LogP contribution in [0.2, 0.25) is 0 Å². The van der Waals surface area contributed by atoms with E-state index in [0.29, 0.717) is 11.1 Å². The summed E-state index contributed by atoms with van der Waals surface area (Å²) in [5, 5.41) is 8.79. The van der Waals surface area contributed by atoms with Gasteiger partial charge in [0.1, 0.15) is 0 Å². The lowest BCUT2D eigenvalue weighted by Gasteiger charge is -2.08. The largest absolute Gasteiger partial charge is 0.478 e. The quantitative estimate of drug-likeness (QED) is 0.796. The summed E-state index contributed by atoms with van der Waals surface area (Å²) in [6, 6.07) is 2.42. The second-order valence-electron chi connectivity index (χ2n) is 3.14. The second kappa shape index (κ2) is 3.74. The number of rotatable bonds is 2. The van der Waals surface area contributed by atoms with Gasteiger partial charge in [0, 0.05) is 5.56 Å². The van der Waals surface area contributed by atoms with Gasteiger partial charge in [0.15, 0.2) is 0 Å². The van der Waals surface area contributed by atoms with Gasteiger partial charge >= 0.3 is 5.97 Å². The Kier molecular flexibility index (Phi) is 2.84. The molecule has 0 heterocycles. The normalized spacial score (nSPS) is 10.6. The lowest BCUT2D eigenvalue weighted by atomic mass is 9.99. The predicted molar refractivity (Wildman–Crippen MR) is 47.8 cm³/mol. The van der Waals surface area contributed by atoms with Gasteiger partial charge in [-0.25, -0.2) is 13.6 Å². The molecular weight excluding hydrogens is 190 g/mol. The van der Waals surface area contributed by atoms with Gasteiger partial charge in [0.2, 0.25) is 0 Å². The number of alkyl halides is 2. The molecule has 0 amide bonds. The Morgan fingerprint density at radius 1 is 1.29 bits per heavy atom. The molecule has 0 aliphatic rings. The number of carboxylic acids is 1. The van der Waals surface area contributed by atoms with Crippen molar-refractivity contribution in [3.8, 4) is 0 Å². The van der Waals surface area contributed by atoms with Crippen molar-refractivity contribution in [2.24, 2.45) is 0 Å². The molecule has 14 heavy (non-hydrogen) atoms. The minimum absolute atomic E-state index is 0.106. The Morgan fingerprint density at radius 3 is 2.00 bits per heavy atom. The SMILES string of the molecule is Cc1cc(C(F)F)cc(C)c1C(=O)O. The average molecular weight is 200 g/mol. The molecule has 2 nitrogen and oxygen atoms in total. The maximum Gasteiger partial charge on any atom is 0.336 e. The molecule has 76 valence electrons. The van der Waals surface area contributed by atoms with Gasteiger partial charge < -0.3 is 5.11 Å². The molecule has 1 aromatic carbocycles. The molecular formula is C10H10F2O2. The number of carbonyl (C=O) groups is 1. The third-order valence-electron chi connectivity index (χ3n) is 2.02. The Hall–Kier alpha value is -1.45. The molecule has 0 aliphatic heterocycles. The zero-order valence-corrected chi connectivity index (χ0v) is 7.84. The van der Waals surface area contributed by atoms with Gasteiger partial charge in [-0.15, -0.1) is 0 Å². The minimum Gasteiger partial charge on any atom is -0.478 e. The summed E-state index contributed by atoms with van der Waals surface area (Å²) in [6.07, 6.45) is -2.56. The third-order valence-corrected chi connectivity index (χ3v) is 2.02. The summed E-state index contributed by atoms with van der Waals surface area (Å²) in [5.41, 5.74) is 0.708. The first-order valence-electron chi connectivity index (χ1n) is 4.06. The van der Waals surface area contributed by atoms with Crippen molar-refractivity contribution >= 4 is 5.97 Å². The highest BCUT2D eigenvalue weighted by Crippen LogP contribution is 2.24. The first-order valence-corrected chi connectivity index (χ1v) is 4.06. The summed E-state index contributed by atoms with van der Waals surface area (Å²) in [5.74, 6) is -1.08. The number of hydrogen-bond acceptors (Lipinski definition) is 1. The number of carboxylic acid groups (broad SMARTS) is 1. The number of benzene rings is 1. The van der Waals surface area contributed by atoms with E-state index in [-0.39, 0.29) is 11.1 Å². The van der Waals surface area contributed by atoms with E-state index in [0.717, 1.165) is 0 Å². The molecule has 4 heteroatoms. The number of aromatic carboxylic acids is 1. The smallest absolute Gasteiger partial charge is 0.336 e. The van der Waals surface area contributed by atoms with E-state index in [4.69, 9.17) is 5.11 Å². The molecule has 0 saturated carbocycles. The first-order chi connectivity index (χ1) is 6.43. The highest BCUT2D eigenvalue weighted by molar-refractivity contribution is 5.91. The van der Waals surface area contributed by atoms with Gasteiger partial charge in [0.25, 0.3) is 6.43 Å². The number of aryl methyl sites for hydroxylation is 2. The summed E-state index contributed by atoms with van der Waals surface area (Å²) in [6.45, 7) is 3.03. The fourth-order valence-electron chi connectivity index (χ4n) is 1.46. The number of hydrogen-bond donors (Lipinski definition) is 1. The molecule has 0 spiro atoms. The third kappa shape index (κ3) is 1.89. The summed E-state index contributed by atoms with van der Waals surface area (Å²) < 4.78 is 24.6. The molecule has 0 radical (unpaired) electrons. The lowest BCUT2D eigenvalue weighted by Crippen LogP contribution is -2.04. The maximum atomic E-state index is 12.3. The molecule has 0 aromatic heterocycles. The number of halogens is 2. The minimum atomic E-state index is -2.56. The van der Waals surface area contributed by atoms with E-state index in [1.165, 1.54) is 26.0 Å². The fraction of sp³-hybridized carbons (Fsp3) is 0.300. The molecule has 0 fully saturated rings. The lowest BCUT2D eigenvalue weighted by molar-refractivity contribution is 0.0695. The van der Waals surface area contributed by atoms with Gasteiger partial charge in [-0.3, -0.25) is 0 Å². The van der Waals surface area contributed by atoms with Crippen LogP contribution in [0.3, 0.4) is 0 Å². The molecule has 0 aliphatic carbocycles. The van der Waals surface area contributed by atoms with E-state index in [1.807, 2.05) is 0 Å². The van der Waals surface area contributed by atoms with E-state index in [1.54, 1.807) is 0 Å². The zero-order chi connectivity index (χ0) is 10.9. The molecule has 0 bridgehead atoms. The van der Waals surface area contributed by atoms with Gasteiger partial charge in [-0.05, 0) is 37.1 Å². The monoisotopic (exact) mass is 200 g/mol. The summed E-state index contributed by atoms with van der Waals surface area (Å²) in [4.78, 5) is 10.7. The Labute approximate surface area is 80.2 Å². The van der Waals surface area contributed by atoms with Crippen molar-refractivity contribution < 1.29 is 18.7 Å². The van der Waals surface area contributed by atoms with E-state index >= 15 is 0 Å². The predicted octanol–water partition coefficient (Wildman–Crippen LogP) is 2.94. The molecule has 0 unspecified atom stereocenters. The Morgan fingerprint density at radius 2 is 1.71 bits per heavy atom. The zero-order valence-electron chi connectivity index (χ0n) is 7.84. The Balaban J connectivity index is 3.32. The van der Waals surface area contributed by atoms with Crippen molar-refractivity contribution in [2.75, 3.05) is 0 Å². The van der Waals surface area contributed by atoms with Crippen LogP contribution in [0, 0.1) is 13.8 Å². The van der Waals surface area contributed by atoms with Crippen molar-refractivity contribution in [2.45, 2.75) is 20.3 Å². The first kappa shape index (κ1) is 10.6. The molecule has 0 saturated heterocycles. The van der Waals surface area contributed by atoms with Crippen LogP contribution in [-0.2, 0) is 0 Å². The molecule has 1 rings (SSSR count). The summed E-state index contributed by atoms with van der Waals surface area (Å²) in [7, 11) is 0. The average Bonchev–Trinajstić information content (AvgIpc) is 2.01. The van der Waals surface area contributed by atoms with Crippen molar-refractivity contribution in [1.29, 1.82) is 0 Å². The van der Waals surface area contributed by atoms with Crippen LogP contribution in [0.25, 0.3) is 0 Å². The molecule has 1 N–H and O–H groups in total. The van der Waals surface area contributed by atoms with Crippen LogP contribution in [0.4, 0.5) is 8.78 Å². The highest BCUT2D eigenvalue weighted by atomic mass is 19.3. The maximum absolute atomic E-state index is 12.3. The topological polar surface area (TPSA) is 37.3 Å². The van der Waals surface area contributed by atoms with Crippen molar-refractivity contribution in [1.82, 2.24) is 0 Å². The van der Waals surface area contributed by atoms with Crippen molar-refractivity contribution in [3.05, 3.63) is 34.4 Å².